The fourth-order valence-corrected chi connectivity index (χ4v) is 4.54. The van der Waals surface area contributed by atoms with Crippen LogP contribution in [0.15, 0.2) is 0 Å². The fraction of sp³-hybridized carbons (Fsp3) is 0.941. The molecule has 1 rings (SSSR count). The quantitative estimate of drug-likeness (QED) is 0.659. The third-order valence-corrected chi connectivity index (χ3v) is 5.02. The van der Waals surface area contributed by atoms with Gasteiger partial charge in [-0.3, -0.25) is 0 Å². The highest BCUT2D eigenvalue weighted by atomic mass is 28.4. The standard InChI is InChI=1S/C17H36N2O3Si/c1-17(2,3)19-14(11-12-21-16(18)20)15(22-23(4,5)6)13-9-7-8-10-13/h13-15,19H,7-12H2,1-6H3,(H2,18,20). The van der Waals surface area contributed by atoms with E-state index in [1.807, 2.05) is 0 Å². The van der Waals surface area contributed by atoms with E-state index in [4.69, 9.17) is 14.9 Å². The van der Waals surface area contributed by atoms with Gasteiger partial charge in [0.15, 0.2) is 8.32 Å². The Hall–Kier alpha value is -0.593. The fourth-order valence-electron chi connectivity index (χ4n) is 3.36. The van der Waals surface area contributed by atoms with E-state index in [9.17, 15) is 4.79 Å². The van der Waals surface area contributed by atoms with Crippen molar-refractivity contribution in [3.05, 3.63) is 0 Å². The van der Waals surface area contributed by atoms with Crippen LogP contribution in [0.2, 0.25) is 19.6 Å². The minimum absolute atomic E-state index is 0.0168. The third-order valence-electron chi connectivity index (χ3n) is 4.04. The molecule has 2 unspecified atom stereocenters. The highest BCUT2D eigenvalue weighted by Gasteiger charge is 2.36. The molecule has 1 saturated carbocycles. The van der Waals surface area contributed by atoms with Crippen molar-refractivity contribution in [2.24, 2.45) is 11.7 Å². The molecule has 0 spiro atoms. The van der Waals surface area contributed by atoms with Crippen molar-refractivity contribution in [1.82, 2.24) is 5.32 Å². The molecule has 136 valence electrons. The molecule has 3 N–H and O–H groups in total. The van der Waals surface area contributed by atoms with Crippen molar-refractivity contribution in [2.75, 3.05) is 6.61 Å². The predicted octanol–water partition coefficient (Wildman–Crippen LogP) is 3.64. The minimum atomic E-state index is -1.66. The average molecular weight is 345 g/mol. The number of amides is 1. The van der Waals surface area contributed by atoms with Crippen molar-refractivity contribution in [3.8, 4) is 0 Å². The van der Waals surface area contributed by atoms with Gasteiger partial charge in [-0.2, -0.15) is 0 Å². The lowest BCUT2D eigenvalue weighted by Gasteiger charge is -2.40. The molecule has 6 heteroatoms. The molecular weight excluding hydrogens is 308 g/mol. The second kappa shape index (κ2) is 8.49. The summed E-state index contributed by atoms with van der Waals surface area (Å²) in [6.45, 7) is 13.5. The van der Waals surface area contributed by atoms with Crippen molar-refractivity contribution in [2.45, 2.75) is 90.2 Å². The Labute approximate surface area is 142 Å². The number of rotatable bonds is 8. The third kappa shape index (κ3) is 8.72. The van der Waals surface area contributed by atoms with Crippen LogP contribution in [0, 0.1) is 5.92 Å². The van der Waals surface area contributed by atoms with E-state index < -0.39 is 14.4 Å². The van der Waals surface area contributed by atoms with Gasteiger partial charge < -0.3 is 20.2 Å². The molecule has 1 amide bonds. The van der Waals surface area contributed by atoms with Gasteiger partial charge >= 0.3 is 6.09 Å². The first kappa shape index (κ1) is 20.5. The van der Waals surface area contributed by atoms with Crippen LogP contribution in [0.1, 0.15) is 52.9 Å². The van der Waals surface area contributed by atoms with Crippen LogP contribution in [-0.2, 0) is 9.16 Å². The summed E-state index contributed by atoms with van der Waals surface area (Å²) in [4.78, 5) is 10.9. The summed E-state index contributed by atoms with van der Waals surface area (Å²) < 4.78 is 11.6. The van der Waals surface area contributed by atoms with Gasteiger partial charge in [-0.15, -0.1) is 0 Å². The van der Waals surface area contributed by atoms with E-state index in [0.717, 1.165) is 6.42 Å². The Balaban J connectivity index is 2.86. The number of primary amides is 1. The Morgan fingerprint density at radius 1 is 1.26 bits per heavy atom. The van der Waals surface area contributed by atoms with Crippen molar-refractivity contribution < 1.29 is 14.0 Å². The normalized spacial score (nSPS) is 19.6. The summed E-state index contributed by atoms with van der Waals surface area (Å²) in [5, 5.41) is 3.69. The van der Waals surface area contributed by atoms with Gasteiger partial charge in [-0.25, -0.2) is 4.79 Å². The highest BCUT2D eigenvalue weighted by Crippen LogP contribution is 2.33. The number of nitrogens with two attached hydrogens (primary N) is 1. The number of hydrogen-bond acceptors (Lipinski definition) is 4. The molecule has 0 aromatic rings. The van der Waals surface area contributed by atoms with Crippen molar-refractivity contribution in [1.29, 1.82) is 0 Å². The molecule has 5 nitrogen and oxygen atoms in total. The summed E-state index contributed by atoms with van der Waals surface area (Å²) in [5.41, 5.74) is 5.08. The van der Waals surface area contributed by atoms with Crippen LogP contribution in [0.5, 0.6) is 0 Å². The molecule has 23 heavy (non-hydrogen) atoms. The van der Waals surface area contributed by atoms with Crippen LogP contribution < -0.4 is 11.1 Å². The number of hydrogen-bond donors (Lipinski definition) is 2. The molecule has 2 atom stereocenters. The molecule has 0 saturated heterocycles. The molecule has 0 radical (unpaired) electrons. The Morgan fingerprint density at radius 2 is 1.83 bits per heavy atom. The zero-order valence-corrected chi connectivity index (χ0v) is 16.8. The van der Waals surface area contributed by atoms with E-state index in [-0.39, 0.29) is 17.7 Å². The zero-order valence-electron chi connectivity index (χ0n) is 15.8. The number of carbonyl (C=O) groups excluding carboxylic acids is 1. The van der Waals surface area contributed by atoms with Gasteiger partial charge in [0.25, 0.3) is 0 Å². The molecule has 0 aromatic carbocycles. The van der Waals surface area contributed by atoms with Crippen LogP contribution >= 0.6 is 0 Å². The van der Waals surface area contributed by atoms with Gasteiger partial charge in [-0.1, -0.05) is 12.8 Å². The Kier molecular flexibility index (Phi) is 7.55. The lowest BCUT2D eigenvalue weighted by molar-refractivity contribution is 0.0609. The van der Waals surface area contributed by atoms with Gasteiger partial charge in [0.2, 0.25) is 0 Å². The summed E-state index contributed by atoms with van der Waals surface area (Å²) in [6.07, 6.45) is 5.24. The Bertz CT molecular complexity index is 371. The monoisotopic (exact) mass is 344 g/mol. The lowest BCUT2D eigenvalue weighted by Crippen LogP contribution is -2.55. The molecule has 1 fully saturated rings. The highest BCUT2D eigenvalue weighted by molar-refractivity contribution is 6.69. The SMILES string of the molecule is CC(C)(C)NC(CCOC(N)=O)C(O[Si](C)(C)C)C1CCCC1. The second-order valence-corrected chi connectivity index (χ2v) is 13.2. The largest absolute Gasteiger partial charge is 0.450 e. The molecule has 0 bridgehead atoms. The average Bonchev–Trinajstić information content (AvgIpc) is 2.85. The molecule has 0 aromatic heterocycles. The van der Waals surface area contributed by atoms with E-state index in [0.29, 0.717) is 12.5 Å². The molecular formula is C17H36N2O3Si. The minimum Gasteiger partial charge on any atom is -0.450 e. The maximum Gasteiger partial charge on any atom is 0.404 e. The first-order valence-electron chi connectivity index (χ1n) is 8.86. The van der Waals surface area contributed by atoms with Gasteiger partial charge in [0.05, 0.1) is 12.7 Å². The molecule has 0 aliphatic heterocycles. The second-order valence-electron chi connectivity index (χ2n) is 8.70. The van der Waals surface area contributed by atoms with E-state index in [2.05, 4.69) is 45.7 Å². The molecule has 0 heterocycles. The van der Waals surface area contributed by atoms with Crippen molar-refractivity contribution >= 4 is 14.4 Å². The maximum atomic E-state index is 10.9. The smallest absolute Gasteiger partial charge is 0.404 e. The first-order chi connectivity index (χ1) is 10.5. The van der Waals surface area contributed by atoms with Gasteiger partial charge in [0.1, 0.15) is 0 Å². The van der Waals surface area contributed by atoms with Crippen LogP contribution in [0.25, 0.3) is 0 Å². The summed E-state index contributed by atoms with van der Waals surface area (Å²) in [6, 6.07) is 0.171. The van der Waals surface area contributed by atoms with E-state index in [1.54, 1.807) is 0 Å². The lowest BCUT2D eigenvalue weighted by atomic mass is 9.91. The van der Waals surface area contributed by atoms with E-state index >= 15 is 0 Å². The van der Waals surface area contributed by atoms with Crippen LogP contribution in [0.4, 0.5) is 4.79 Å². The maximum absolute atomic E-state index is 10.9. The number of nitrogens with one attached hydrogen (secondary N) is 1. The van der Waals surface area contributed by atoms with Crippen LogP contribution in [0.3, 0.4) is 0 Å². The molecule has 1 aliphatic carbocycles. The van der Waals surface area contributed by atoms with Gasteiger partial charge in [0, 0.05) is 11.6 Å². The zero-order chi connectivity index (χ0) is 17.7. The molecule has 1 aliphatic rings. The number of ether oxygens (including phenoxy) is 1. The predicted molar refractivity (Wildman–Crippen MR) is 97.0 cm³/mol. The topological polar surface area (TPSA) is 73.6 Å². The summed E-state index contributed by atoms with van der Waals surface area (Å²) in [7, 11) is -1.66. The van der Waals surface area contributed by atoms with Crippen LogP contribution in [-0.4, -0.2) is 38.7 Å². The summed E-state index contributed by atoms with van der Waals surface area (Å²) >= 11 is 0. The van der Waals surface area contributed by atoms with Gasteiger partial charge in [-0.05, 0) is 65.6 Å². The summed E-state index contributed by atoms with van der Waals surface area (Å²) in [5.74, 6) is 0.593. The first-order valence-corrected chi connectivity index (χ1v) is 12.3. The number of carbonyl (C=O) groups is 1. The Morgan fingerprint density at radius 3 is 2.26 bits per heavy atom. The van der Waals surface area contributed by atoms with E-state index in [1.165, 1.54) is 25.7 Å². The van der Waals surface area contributed by atoms with Crippen molar-refractivity contribution in [3.63, 3.8) is 0 Å².